The van der Waals surface area contributed by atoms with E-state index in [1.807, 2.05) is 18.3 Å². The van der Waals surface area contributed by atoms with Crippen LogP contribution in [0.1, 0.15) is 11.4 Å². The van der Waals surface area contributed by atoms with Crippen molar-refractivity contribution in [2.75, 3.05) is 0 Å². The van der Waals surface area contributed by atoms with Gasteiger partial charge in [-0.15, -0.1) is 0 Å². The van der Waals surface area contributed by atoms with Crippen LogP contribution < -0.4 is 0 Å². The quantitative estimate of drug-likeness (QED) is 0.751. The molecule has 0 bridgehead atoms. The maximum atomic E-state index is 4.17. The number of aryl methyl sites for hydroxylation is 2. The lowest BCUT2D eigenvalue weighted by Crippen LogP contribution is -1.92. The van der Waals surface area contributed by atoms with Gasteiger partial charge in [-0.2, -0.15) is 0 Å². The Bertz CT molecular complexity index is 338. The van der Waals surface area contributed by atoms with Gasteiger partial charge in [-0.3, -0.25) is 0 Å². The minimum absolute atomic E-state index is 0.969. The van der Waals surface area contributed by atoms with Crippen LogP contribution in [-0.4, -0.2) is 9.97 Å². The van der Waals surface area contributed by atoms with E-state index in [0.29, 0.717) is 0 Å². The topological polar surface area (TPSA) is 28.7 Å². The highest BCUT2D eigenvalue weighted by Crippen LogP contribution is 2.02. The third-order valence-electron chi connectivity index (χ3n) is 1.99. The number of aromatic amines is 1. The molecule has 0 atom stereocenters. The summed E-state index contributed by atoms with van der Waals surface area (Å²) in [6, 6.07) is 11.1. The third-order valence-corrected chi connectivity index (χ3v) is 1.99. The van der Waals surface area contributed by atoms with Gasteiger partial charge in [0.2, 0.25) is 0 Å². The smallest absolute Gasteiger partial charge is 0.106 e. The lowest BCUT2D eigenvalue weighted by atomic mass is 10.1. The van der Waals surface area contributed by atoms with E-state index < -0.39 is 0 Å². The first kappa shape index (κ1) is 8.05. The Morgan fingerprint density at radius 3 is 2.77 bits per heavy atom. The molecule has 0 amide bonds. The van der Waals surface area contributed by atoms with Gasteiger partial charge in [0.05, 0.1) is 0 Å². The van der Waals surface area contributed by atoms with E-state index in [0.717, 1.165) is 18.7 Å². The monoisotopic (exact) mass is 171 g/mol. The Labute approximate surface area is 77.6 Å². The average Bonchev–Trinajstić information content (AvgIpc) is 2.69. The Morgan fingerprint density at radius 1 is 1.23 bits per heavy atom. The summed E-state index contributed by atoms with van der Waals surface area (Å²) in [5, 5.41) is 0. The molecular formula is C11H11N2. The van der Waals surface area contributed by atoms with Crippen molar-refractivity contribution >= 4 is 0 Å². The first-order valence-electron chi connectivity index (χ1n) is 4.38. The van der Waals surface area contributed by atoms with Crippen LogP contribution in [0.3, 0.4) is 0 Å². The summed E-state index contributed by atoms with van der Waals surface area (Å²) < 4.78 is 0. The molecule has 1 aromatic carbocycles. The van der Waals surface area contributed by atoms with Gasteiger partial charge >= 0.3 is 0 Å². The van der Waals surface area contributed by atoms with Crippen LogP contribution in [0, 0.1) is 6.07 Å². The number of nitrogens with one attached hydrogen (secondary N) is 1. The van der Waals surface area contributed by atoms with Crippen molar-refractivity contribution in [3.05, 3.63) is 54.1 Å². The number of rotatable bonds is 3. The molecule has 2 nitrogen and oxygen atoms in total. The van der Waals surface area contributed by atoms with E-state index in [1.54, 1.807) is 6.20 Å². The molecular weight excluding hydrogens is 160 g/mol. The summed E-state index contributed by atoms with van der Waals surface area (Å²) in [6.07, 6.45) is 5.64. The summed E-state index contributed by atoms with van der Waals surface area (Å²) in [5.41, 5.74) is 1.33. The third kappa shape index (κ3) is 2.18. The largest absolute Gasteiger partial charge is 0.349 e. The zero-order chi connectivity index (χ0) is 8.93. The molecule has 1 aromatic heterocycles. The first-order chi connectivity index (χ1) is 6.45. The fourth-order valence-electron chi connectivity index (χ4n) is 1.29. The molecule has 0 spiro atoms. The zero-order valence-corrected chi connectivity index (χ0v) is 7.33. The lowest BCUT2D eigenvalue weighted by molar-refractivity contribution is 0.884. The molecule has 1 N–H and O–H groups in total. The van der Waals surface area contributed by atoms with E-state index in [-0.39, 0.29) is 0 Å². The number of aromatic nitrogens is 2. The lowest BCUT2D eigenvalue weighted by Gasteiger charge is -1.97. The van der Waals surface area contributed by atoms with Gasteiger partial charge < -0.3 is 4.98 Å². The van der Waals surface area contributed by atoms with Gasteiger partial charge in [0.25, 0.3) is 0 Å². The second-order valence-electron chi connectivity index (χ2n) is 2.94. The van der Waals surface area contributed by atoms with Crippen LogP contribution >= 0.6 is 0 Å². The normalized spacial score (nSPS) is 10.2. The van der Waals surface area contributed by atoms with Crippen LogP contribution in [0.2, 0.25) is 0 Å². The molecule has 2 aromatic rings. The van der Waals surface area contributed by atoms with Crippen LogP contribution in [0.4, 0.5) is 0 Å². The summed E-state index contributed by atoms with van der Waals surface area (Å²) in [4.78, 5) is 7.26. The highest BCUT2D eigenvalue weighted by Gasteiger charge is 1.95. The molecule has 1 radical (unpaired) electrons. The van der Waals surface area contributed by atoms with E-state index in [9.17, 15) is 0 Å². The van der Waals surface area contributed by atoms with E-state index in [4.69, 9.17) is 0 Å². The SMILES string of the molecule is [c]1ccc(CCc2ncc[nH]2)cc1. The summed E-state index contributed by atoms with van der Waals surface area (Å²) in [6.45, 7) is 0. The number of hydrogen-bond acceptors (Lipinski definition) is 1. The van der Waals surface area contributed by atoms with Crippen molar-refractivity contribution in [3.63, 3.8) is 0 Å². The molecule has 2 rings (SSSR count). The zero-order valence-electron chi connectivity index (χ0n) is 7.33. The van der Waals surface area contributed by atoms with E-state index in [2.05, 4.69) is 28.2 Å². The van der Waals surface area contributed by atoms with Gasteiger partial charge in [0, 0.05) is 18.8 Å². The van der Waals surface area contributed by atoms with Gasteiger partial charge in [0.1, 0.15) is 5.82 Å². The highest BCUT2D eigenvalue weighted by atomic mass is 14.9. The van der Waals surface area contributed by atoms with Gasteiger partial charge in [0.15, 0.2) is 0 Å². The Kier molecular flexibility index (Phi) is 2.41. The van der Waals surface area contributed by atoms with Crippen LogP contribution in [0.5, 0.6) is 0 Å². The molecule has 0 fully saturated rings. The second-order valence-corrected chi connectivity index (χ2v) is 2.94. The van der Waals surface area contributed by atoms with Crippen LogP contribution in [-0.2, 0) is 12.8 Å². The molecule has 13 heavy (non-hydrogen) atoms. The van der Waals surface area contributed by atoms with Crippen LogP contribution in [0.25, 0.3) is 0 Å². The van der Waals surface area contributed by atoms with Crippen LogP contribution in [0.15, 0.2) is 36.7 Å². The number of imidazole rings is 1. The molecule has 0 aliphatic rings. The Hall–Kier alpha value is -1.57. The Balaban J connectivity index is 1.94. The summed E-state index contributed by atoms with van der Waals surface area (Å²) in [7, 11) is 0. The van der Waals surface area contributed by atoms with Crippen molar-refractivity contribution in [2.45, 2.75) is 12.8 Å². The van der Waals surface area contributed by atoms with Gasteiger partial charge in [-0.1, -0.05) is 24.3 Å². The fourth-order valence-corrected chi connectivity index (χ4v) is 1.29. The summed E-state index contributed by atoms with van der Waals surface area (Å²) >= 11 is 0. The summed E-state index contributed by atoms with van der Waals surface area (Å²) in [5.74, 6) is 1.05. The van der Waals surface area contributed by atoms with E-state index >= 15 is 0 Å². The fraction of sp³-hybridized carbons (Fsp3) is 0.182. The van der Waals surface area contributed by atoms with Crippen molar-refractivity contribution in [3.8, 4) is 0 Å². The van der Waals surface area contributed by atoms with Crippen molar-refractivity contribution < 1.29 is 0 Å². The minimum atomic E-state index is 0.969. The number of hydrogen-bond donors (Lipinski definition) is 1. The first-order valence-corrected chi connectivity index (χ1v) is 4.38. The molecule has 2 heteroatoms. The second kappa shape index (κ2) is 3.90. The standard InChI is InChI=1S/C11H11N2/c1-2-4-10(5-3-1)6-7-11-12-8-9-13-11/h2-5,8-9H,6-7H2,(H,12,13). The Morgan fingerprint density at radius 2 is 2.08 bits per heavy atom. The van der Waals surface area contributed by atoms with E-state index in [1.165, 1.54) is 5.56 Å². The molecule has 1 heterocycles. The predicted octanol–water partition coefficient (Wildman–Crippen LogP) is 2.00. The average molecular weight is 171 g/mol. The molecule has 0 unspecified atom stereocenters. The minimum Gasteiger partial charge on any atom is -0.349 e. The van der Waals surface area contributed by atoms with Crippen molar-refractivity contribution in [1.82, 2.24) is 9.97 Å². The molecule has 0 aliphatic carbocycles. The maximum Gasteiger partial charge on any atom is 0.106 e. The van der Waals surface area contributed by atoms with Crippen molar-refractivity contribution in [2.24, 2.45) is 0 Å². The highest BCUT2D eigenvalue weighted by molar-refractivity contribution is 5.14. The molecule has 0 saturated heterocycles. The molecule has 0 saturated carbocycles. The van der Waals surface area contributed by atoms with Crippen molar-refractivity contribution in [1.29, 1.82) is 0 Å². The van der Waals surface area contributed by atoms with Gasteiger partial charge in [-0.25, -0.2) is 4.98 Å². The molecule has 65 valence electrons. The number of nitrogens with zero attached hydrogens (tertiary/aromatic N) is 1. The van der Waals surface area contributed by atoms with Gasteiger partial charge in [-0.05, 0) is 18.1 Å². The maximum absolute atomic E-state index is 4.17. The number of H-pyrrole nitrogens is 1. The molecule has 0 aliphatic heterocycles. The predicted molar refractivity (Wildman–Crippen MR) is 51.3 cm³/mol. The number of benzene rings is 1.